The van der Waals surface area contributed by atoms with Crippen molar-refractivity contribution in [2.75, 3.05) is 11.4 Å². The second kappa shape index (κ2) is 7.46. The highest BCUT2D eigenvalue weighted by Gasteiger charge is 2.28. The summed E-state index contributed by atoms with van der Waals surface area (Å²) in [5.41, 5.74) is 3.17. The number of aryl methyl sites for hydroxylation is 1. The van der Waals surface area contributed by atoms with Crippen molar-refractivity contribution >= 4 is 11.6 Å². The minimum Gasteiger partial charge on any atom is -0.359 e. The average molecular weight is 378 g/mol. The minimum absolute atomic E-state index is 0.0964. The lowest BCUT2D eigenvalue weighted by molar-refractivity contribution is -0.120. The number of nitrogens with zero attached hydrogens (tertiary/aromatic N) is 3. The number of imidazole rings is 1. The topological polar surface area (TPSA) is 50.2 Å². The molecule has 28 heavy (non-hydrogen) atoms. The van der Waals surface area contributed by atoms with Crippen LogP contribution in [0.25, 0.3) is 0 Å². The number of rotatable bonds is 5. The molecule has 0 saturated carbocycles. The minimum atomic E-state index is -0.443. The van der Waals surface area contributed by atoms with E-state index in [-0.39, 0.29) is 24.3 Å². The Hall–Kier alpha value is -3.15. The Kier molecular flexibility index (Phi) is 4.86. The molecule has 0 aliphatic carbocycles. The van der Waals surface area contributed by atoms with Crippen molar-refractivity contribution in [3.8, 4) is 0 Å². The molecule has 1 N–H and O–H groups in total. The van der Waals surface area contributed by atoms with Gasteiger partial charge < -0.3 is 14.8 Å². The van der Waals surface area contributed by atoms with Crippen molar-refractivity contribution in [2.45, 2.75) is 25.4 Å². The van der Waals surface area contributed by atoms with Crippen LogP contribution in [0.2, 0.25) is 0 Å². The molecule has 144 valence electrons. The summed E-state index contributed by atoms with van der Waals surface area (Å²) < 4.78 is 15.2. The van der Waals surface area contributed by atoms with E-state index < -0.39 is 6.04 Å². The van der Waals surface area contributed by atoms with Crippen LogP contribution in [0.5, 0.6) is 0 Å². The van der Waals surface area contributed by atoms with Crippen molar-refractivity contribution in [3.05, 3.63) is 83.7 Å². The van der Waals surface area contributed by atoms with Crippen LogP contribution in [-0.4, -0.2) is 28.0 Å². The van der Waals surface area contributed by atoms with E-state index in [4.69, 9.17) is 0 Å². The van der Waals surface area contributed by atoms with Crippen LogP contribution < -0.4 is 10.2 Å². The first-order valence-electron chi connectivity index (χ1n) is 9.39. The third-order valence-electron chi connectivity index (χ3n) is 5.29. The van der Waals surface area contributed by atoms with Crippen molar-refractivity contribution in [1.82, 2.24) is 14.9 Å². The lowest BCUT2D eigenvalue weighted by Crippen LogP contribution is -2.42. The summed E-state index contributed by atoms with van der Waals surface area (Å²) in [6, 6.07) is 14.2. The Morgan fingerprint density at radius 1 is 1.25 bits per heavy atom. The average Bonchev–Trinajstić information content (AvgIpc) is 3.24. The maximum absolute atomic E-state index is 13.4. The number of hydrogen-bond donors (Lipinski definition) is 1. The fourth-order valence-electron chi connectivity index (χ4n) is 3.84. The molecular weight excluding hydrogens is 355 g/mol. The number of amides is 1. The summed E-state index contributed by atoms with van der Waals surface area (Å²) in [6.45, 7) is 2.39. The third-order valence-corrected chi connectivity index (χ3v) is 5.29. The van der Waals surface area contributed by atoms with Gasteiger partial charge in [-0.15, -0.1) is 0 Å². The number of anilines is 1. The van der Waals surface area contributed by atoms with Crippen LogP contribution in [0.4, 0.5) is 10.1 Å². The summed E-state index contributed by atoms with van der Waals surface area (Å²) in [7, 11) is 1.88. The van der Waals surface area contributed by atoms with Crippen LogP contribution >= 0.6 is 0 Å². The molecule has 0 fully saturated rings. The molecule has 6 heteroatoms. The van der Waals surface area contributed by atoms with Gasteiger partial charge in [0.1, 0.15) is 17.7 Å². The van der Waals surface area contributed by atoms with Crippen LogP contribution in [0.1, 0.15) is 29.9 Å². The fraction of sp³-hybridized carbons (Fsp3) is 0.273. The summed E-state index contributed by atoms with van der Waals surface area (Å²) in [4.78, 5) is 19.5. The molecule has 1 amide bonds. The fourth-order valence-corrected chi connectivity index (χ4v) is 3.84. The maximum Gasteiger partial charge on any atom is 0.240 e. The number of aromatic nitrogens is 2. The maximum atomic E-state index is 13.4. The van der Waals surface area contributed by atoms with Gasteiger partial charge in [0, 0.05) is 31.2 Å². The van der Waals surface area contributed by atoms with Gasteiger partial charge in [-0.2, -0.15) is 0 Å². The summed E-state index contributed by atoms with van der Waals surface area (Å²) in [5.74, 6) is 0.298. The van der Waals surface area contributed by atoms with E-state index in [1.807, 2.05) is 29.9 Å². The molecule has 2 atom stereocenters. The molecule has 2 heterocycles. The quantitative estimate of drug-likeness (QED) is 0.742. The van der Waals surface area contributed by atoms with Gasteiger partial charge in [0.05, 0.1) is 6.54 Å². The van der Waals surface area contributed by atoms with Gasteiger partial charge in [-0.25, -0.2) is 9.37 Å². The molecule has 1 aliphatic heterocycles. The van der Waals surface area contributed by atoms with Crippen LogP contribution in [-0.2, 0) is 18.3 Å². The molecule has 0 bridgehead atoms. The number of halogens is 1. The molecule has 0 spiro atoms. The predicted molar refractivity (Wildman–Crippen MR) is 107 cm³/mol. The van der Waals surface area contributed by atoms with E-state index in [9.17, 15) is 9.18 Å². The van der Waals surface area contributed by atoms with E-state index in [0.29, 0.717) is 5.82 Å². The Morgan fingerprint density at radius 3 is 2.71 bits per heavy atom. The van der Waals surface area contributed by atoms with E-state index in [1.165, 1.54) is 17.7 Å². The second-order valence-electron chi connectivity index (χ2n) is 7.26. The van der Waals surface area contributed by atoms with Gasteiger partial charge in [0.15, 0.2) is 0 Å². The summed E-state index contributed by atoms with van der Waals surface area (Å²) >= 11 is 0. The van der Waals surface area contributed by atoms with Gasteiger partial charge in [0.25, 0.3) is 0 Å². The molecule has 5 nitrogen and oxygen atoms in total. The number of carbonyl (C=O) groups excluding carboxylic acids is 1. The van der Waals surface area contributed by atoms with Crippen LogP contribution in [0.3, 0.4) is 0 Å². The predicted octanol–water partition coefficient (Wildman–Crippen LogP) is 3.22. The number of fused-ring (bicyclic) bond motifs is 1. The van der Waals surface area contributed by atoms with E-state index in [2.05, 4.69) is 34.3 Å². The van der Waals surface area contributed by atoms with Crippen molar-refractivity contribution < 1.29 is 9.18 Å². The van der Waals surface area contributed by atoms with Crippen LogP contribution in [0, 0.1) is 5.82 Å². The lowest BCUT2D eigenvalue weighted by atomic mass is 10.1. The monoisotopic (exact) mass is 378 g/mol. The van der Waals surface area contributed by atoms with Gasteiger partial charge in [-0.3, -0.25) is 4.79 Å². The molecule has 0 radical (unpaired) electrons. The van der Waals surface area contributed by atoms with E-state index in [1.54, 1.807) is 18.3 Å². The standard InChI is InChI=1S/C22H23FN4O/c1-15-13-17-5-3-4-6-19(17)27(15)14-20(28)25-21(22-24-11-12-26(22)2)16-7-9-18(23)10-8-16/h3-12,15,21H,13-14H2,1-2H3,(H,25,28)/t15-,21+/m0/s1. The largest absolute Gasteiger partial charge is 0.359 e. The first kappa shape index (κ1) is 18.2. The molecule has 2 aromatic carbocycles. The highest BCUT2D eigenvalue weighted by atomic mass is 19.1. The molecule has 0 unspecified atom stereocenters. The summed E-state index contributed by atoms with van der Waals surface area (Å²) in [6.07, 6.45) is 4.46. The van der Waals surface area contributed by atoms with Crippen molar-refractivity contribution in [3.63, 3.8) is 0 Å². The zero-order valence-electron chi connectivity index (χ0n) is 16.0. The molecule has 1 aromatic heterocycles. The number of carbonyl (C=O) groups is 1. The Labute approximate surface area is 163 Å². The second-order valence-corrected chi connectivity index (χ2v) is 7.26. The zero-order valence-corrected chi connectivity index (χ0v) is 16.0. The number of nitrogens with one attached hydrogen (secondary N) is 1. The molecule has 1 aliphatic rings. The van der Waals surface area contributed by atoms with Gasteiger partial charge in [0.2, 0.25) is 5.91 Å². The van der Waals surface area contributed by atoms with Gasteiger partial charge in [-0.05, 0) is 42.7 Å². The Bertz CT molecular complexity index is 982. The number of para-hydroxylation sites is 1. The van der Waals surface area contributed by atoms with E-state index >= 15 is 0 Å². The first-order valence-corrected chi connectivity index (χ1v) is 9.39. The third kappa shape index (κ3) is 3.50. The Morgan fingerprint density at radius 2 is 2.00 bits per heavy atom. The van der Waals surface area contributed by atoms with Crippen molar-refractivity contribution in [2.24, 2.45) is 7.05 Å². The molecular formula is C22H23FN4O. The van der Waals surface area contributed by atoms with E-state index in [0.717, 1.165) is 17.7 Å². The van der Waals surface area contributed by atoms with Crippen LogP contribution in [0.15, 0.2) is 60.9 Å². The normalized spacial score (nSPS) is 16.7. The number of benzene rings is 2. The van der Waals surface area contributed by atoms with Gasteiger partial charge in [-0.1, -0.05) is 30.3 Å². The molecule has 0 saturated heterocycles. The highest BCUT2D eigenvalue weighted by Crippen LogP contribution is 2.31. The summed E-state index contributed by atoms with van der Waals surface area (Å²) in [5, 5.41) is 3.09. The van der Waals surface area contributed by atoms with Gasteiger partial charge >= 0.3 is 0 Å². The van der Waals surface area contributed by atoms with Crippen molar-refractivity contribution in [1.29, 1.82) is 0 Å². The Balaban J connectivity index is 1.56. The smallest absolute Gasteiger partial charge is 0.240 e. The zero-order chi connectivity index (χ0) is 19.7. The molecule has 3 aromatic rings. The lowest BCUT2D eigenvalue weighted by Gasteiger charge is -2.26. The number of hydrogen-bond acceptors (Lipinski definition) is 3. The highest BCUT2D eigenvalue weighted by molar-refractivity contribution is 5.83. The first-order chi connectivity index (χ1) is 13.5. The molecule has 4 rings (SSSR count). The SMILES string of the molecule is C[C@H]1Cc2ccccc2N1CC(=O)N[C@H](c1ccc(F)cc1)c1nccn1C.